The fourth-order valence-corrected chi connectivity index (χ4v) is 1.96. The number of aryl methyl sites for hydroxylation is 2. The lowest BCUT2D eigenvalue weighted by Gasteiger charge is -2.11. The number of aromatic nitrogens is 2. The number of alkyl halides is 3. The van der Waals surface area contributed by atoms with Gasteiger partial charge in [-0.15, -0.1) is 0 Å². The number of rotatable bonds is 2. The van der Waals surface area contributed by atoms with Crippen LogP contribution in [0.15, 0.2) is 18.2 Å². The summed E-state index contributed by atoms with van der Waals surface area (Å²) in [5.41, 5.74) is 0.311. The monoisotopic (exact) mass is 336 g/mol. The minimum absolute atomic E-state index is 0.288. The molecule has 0 saturated carbocycles. The quantitative estimate of drug-likeness (QED) is 0.706. The molecule has 0 N–H and O–H groups in total. The van der Waals surface area contributed by atoms with Gasteiger partial charge in [-0.3, -0.25) is 0 Å². The van der Waals surface area contributed by atoms with Crippen molar-refractivity contribution in [3.05, 3.63) is 45.3 Å². The zero-order valence-electron chi connectivity index (χ0n) is 10.9. The van der Waals surface area contributed by atoms with Gasteiger partial charge >= 0.3 is 6.18 Å². The summed E-state index contributed by atoms with van der Waals surface area (Å²) in [5, 5.41) is 0.0290. The first-order valence-corrected chi connectivity index (χ1v) is 6.49. The summed E-state index contributed by atoms with van der Waals surface area (Å²) in [7, 11) is 0. The molecular formula is C13H9Cl2F3N2O. The molecule has 0 aliphatic rings. The van der Waals surface area contributed by atoms with E-state index in [0.29, 0.717) is 16.8 Å². The van der Waals surface area contributed by atoms with Gasteiger partial charge in [-0.25, -0.2) is 4.98 Å². The molecule has 21 heavy (non-hydrogen) atoms. The van der Waals surface area contributed by atoms with E-state index in [1.165, 1.54) is 0 Å². The van der Waals surface area contributed by atoms with E-state index in [9.17, 15) is 13.2 Å². The van der Waals surface area contributed by atoms with Crippen molar-refractivity contribution in [1.29, 1.82) is 0 Å². The van der Waals surface area contributed by atoms with Crippen LogP contribution < -0.4 is 4.74 Å². The van der Waals surface area contributed by atoms with Gasteiger partial charge in [0.2, 0.25) is 11.2 Å². The summed E-state index contributed by atoms with van der Waals surface area (Å²) in [6, 6.07) is 3.88. The Bertz CT molecular complexity index is 667. The van der Waals surface area contributed by atoms with E-state index in [-0.39, 0.29) is 5.88 Å². The van der Waals surface area contributed by atoms with Gasteiger partial charge in [-0.1, -0.05) is 11.6 Å². The topological polar surface area (TPSA) is 35.0 Å². The van der Waals surface area contributed by atoms with E-state index in [2.05, 4.69) is 9.97 Å². The molecule has 0 aliphatic carbocycles. The fourth-order valence-electron chi connectivity index (χ4n) is 1.68. The van der Waals surface area contributed by atoms with Crippen molar-refractivity contribution < 1.29 is 17.9 Å². The molecule has 0 saturated heterocycles. The van der Waals surface area contributed by atoms with Gasteiger partial charge in [0.1, 0.15) is 5.75 Å². The Morgan fingerprint density at radius 1 is 1.00 bits per heavy atom. The lowest BCUT2D eigenvalue weighted by molar-refractivity contribution is -0.141. The van der Waals surface area contributed by atoms with Gasteiger partial charge in [0.25, 0.3) is 0 Å². The van der Waals surface area contributed by atoms with Crippen LogP contribution in [0.3, 0.4) is 0 Å². The molecule has 1 heterocycles. The number of hydrogen-bond donors (Lipinski definition) is 0. The maximum absolute atomic E-state index is 12.6. The number of halogens is 5. The first-order chi connectivity index (χ1) is 9.66. The highest BCUT2D eigenvalue weighted by Crippen LogP contribution is 2.33. The van der Waals surface area contributed by atoms with Crippen molar-refractivity contribution in [2.45, 2.75) is 20.0 Å². The normalized spacial score (nSPS) is 11.6. The summed E-state index contributed by atoms with van der Waals surface area (Å²) in [6.07, 6.45) is -4.63. The molecule has 0 atom stereocenters. The third kappa shape index (κ3) is 3.77. The Labute approximate surface area is 128 Å². The van der Waals surface area contributed by atoms with Crippen LogP contribution in [0, 0.1) is 13.8 Å². The number of nitrogens with zero attached hydrogens (tertiary/aromatic N) is 2. The van der Waals surface area contributed by atoms with Crippen LogP contribution in [-0.2, 0) is 6.18 Å². The molecule has 0 amide bonds. The van der Waals surface area contributed by atoms with Crippen LogP contribution in [0.5, 0.6) is 11.6 Å². The Kier molecular flexibility index (Phi) is 4.30. The minimum Gasteiger partial charge on any atom is -0.439 e. The Morgan fingerprint density at radius 2 is 1.57 bits per heavy atom. The van der Waals surface area contributed by atoms with Crippen LogP contribution in [0.1, 0.15) is 16.8 Å². The van der Waals surface area contributed by atoms with E-state index < -0.39 is 17.2 Å². The van der Waals surface area contributed by atoms with Crippen LogP contribution in [0.4, 0.5) is 13.2 Å². The summed E-state index contributed by atoms with van der Waals surface area (Å²) >= 11 is 11.5. The largest absolute Gasteiger partial charge is 0.439 e. The molecule has 3 nitrogen and oxygen atoms in total. The maximum Gasteiger partial charge on any atom is 0.433 e. The summed E-state index contributed by atoms with van der Waals surface area (Å²) in [4.78, 5) is 6.75. The third-order valence-corrected chi connectivity index (χ3v) is 3.36. The van der Waals surface area contributed by atoms with Gasteiger partial charge in [-0.05, 0) is 48.7 Å². The minimum atomic E-state index is -4.63. The first-order valence-electron chi connectivity index (χ1n) is 5.73. The standard InChI is InChI=1S/C13H9Cl2F3N2O/c1-6-3-8(4-7(2)11(6)14)21-10-5-9(13(16,17)18)19-12(15)20-10/h3-5H,1-2H3. The average Bonchev–Trinajstić information content (AvgIpc) is 2.34. The molecule has 2 rings (SSSR count). The molecule has 1 aromatic carbocycles. The molecule has 0 unspecified atom stereocenters. The molecule has 2 aromatic rings. The van der Waals surface area contributed by atoms with Crippen molar-refractivity contribution in [3.8, 4) is 11.6 Å². The lowest BCUT2D eigenvalue weighted by atomic mass is 10.1. The van der Waals surface area contributed by atoms with Crippen molar-refractivity contribution in [3.63, 3.8) is 0 Å². The molecule has 8 heteroatoms. The maximum atomic E-state index is 12.6. The molecular weight excluding hydrogens is 328 g/mol. The Morgan fingerprint density at radius 3 is 2.10 bits per heavy atom. The van der Waals surface area contributed by atoms with Crippen molar-refractivity contribution in [1.82, 2.24) is 9.97 Å². The van der Waals surface area contributed by atoms with Crippen molar-refractivity contribution >= 4 is 23.2 Å². The van der Waals surface area contributed by atoms with Crippen LogP contribution in [0.25, 0.3) is 0 Å². The highest BCUT2D eigenvalue weighted by Gasteiger charge is 2.34. The Balaban J connectivity index is 2.38. The lowest BCUT2D eigenvalue weighted by Crippen LogP contribution is -2.09. The summed E-state index contributed by atoms with van der Waals surface area (Å²) < 4.78 is 43.3. The Hall–Kier alpha value is -1.53. The number of hydrogen-bond acceptors (Lipinski definition) is 3. The second kappa shape index (κ2) is 5.69. The molecule has 0 bridgehead atoms. The van der Waals surface area contributed by atoms with Crippen molar-refractivity contribution in [2.24, 2.45) is 0 Å². The van der Waals surface area contributed by atoms with Gasteiger partial charge in [0.05, 0.1) is 0 Å². The van der Waals surface area contributed by atoms with Gasteiger partial charge < -0.3 is 4.74 Å². The van der Waals surface area contributed by atoms with E-state index in [0.717, 1.165) is 11.1 Å². The SMILES string of the molecule is Cc1cc(Oc2cc(C(F)(F)F)nc(Cl)n2)cc(C)c1Cl. The first kappa shape index (κ1) is 15.9. The van der Waals surface area contributed by atoms with Crippen LogP contribution >= 0.6 is 23.2 Å². The van der Waals surface area contributed by atoms with Gasteiger partial charge in [0.15, 0.2) is 5.69 Å². The second-order valence-corrected chi connectivity index (χ2v) is 5.05. The number of ether oxygens (including phenoxy) is 1. The van der Waals surface area contributed by atoms with Crippen LogP contribution in [0.2, 0.25) is 10.3 Å². The molecule has 1 aromatic heterocycles. The summed E-state index contributed by atoms with van der Waals surface area (Å²) in [5.74, 6) is 0.0285. The van der Waals surface area contributed by atoms with E-state index >= 15 is 0 Å². The zero-order chi connectivity index (χ0) is 15.8. The molecule has 0 fully saturated rings. The van der Waals surface area contributed by atoms with Gasteiger partial charge in [0, 0.05) is 11.1 Å². The molecule has 0 aliphatic heterocycles. The predicted octanol–water partition coefficient (Wildman–Crippen LogP) is 5.21. The summed E-state index contributed by atoms with van der Waals surface area (Å²) in [6.45, 7) is 3.52. The van der Waals surface area contributed by atoms with E-state index in [4.69, 9.17) is 27.9 Å². The highest BCUT2D eigenvalue weighted by atomic mass is 35.5. The van der Waals surface area contributed by atoms with Crippen molar-refractivity contribution in [2.75, 3.05) is 0 Å². The predicted molar refractivity (Wildman–Crippen MR) is 73.0 cm³/mol. The zero-order valence-corrected chi connectivity index (χ0v) is 12.4. The third-order valence-electron chi connectivity index (χ3n) is 2.60. The molecule has 0 spiro atoms. The van der Waals surface area contributed by atoms with E-state index in [1.54, 1.807) is 26.0 Å². The second-order valence-electron chi connectivity index (χ2n) is 4.33. The fraction of sp³-hybridized carbons (Fsp3) is 0.231. The van der Waals surface area contributed by atoms with E-state index in [1.807, 2.05) is 0 Å². The van der Waals surface area contributed by atoms with Crippen LogP contribution in [-0.4, -0.2) is 9.97 Å². The molecule has 112 valence electrons. The average molecular weight is 337 g/mol. The molecule has 0 radical (unpaired) electrons. The highest BCUT2D eigenvalue weighted by molar-refractivity contribution is 6.32. The smallest absolute Gasteiger partial charge is 0.433 e. The number of benzene rings is 1. The van der Waals surface area contributed by atoms with Gasteiger partial charge in [-0.2, -0.15) is 18.2 Å².